The van der Waals surface area contributed by atoms with Crippen LogP contribution < -0.4 is 5.32 Å². The van der Waals surface area contributed by atoms with E-state index in [-0.39, 0.29) is 0 Å². The van der Waals surface area contributed by atoms with Crippen molar-refractivity contribution in [1.82, 2.24) is 24.6 Å². The van der Waals surface area contributed by atoms with Crippen LogP contribution in [0.25, 0.3) is 0 Å². The molecule has 3 rings (SSSR count). The van der Waals surface area contributed by atoms with Gasteiger partial charge in [0.1, 0.15) is 0 Å². The first kappa shape index (κ1) is 12.4. The Hall–Kier alpha value is -1.62. The fraction of sp³-hybridized carbons (Fsp3) is 0.571. The van der Waals surface area contributed by atoms with Gasteiger partial charge < -0.3 is 9.88 Å². The normalized spacial score (nSPS) is 19.7. The third-order valence-electron chi connectivity index (χ3n) is 3.86. The number of piperidine rings is 1. The fourth-order valence-electron chi connectivity index (χ4n) is 2.81. The molecule has 1 unspecified atom stereocenters. The smallest absolute Gasteiger partial charge is 0.0948 e. The standard InChI is InChI=1S/C14H21N5/c1-18-10-12(7-17-18)4-6-19-11-16-9-14(19)13-3-2-5-15-8-13/h7,9-11,13,15H,2-6,8H2,1H3. The lowest BCUT2D eigenvalue weighted by Crippen LogP contribution is -2.29. The van der Waals surface area contributed by atoms with Crippen molar-refractivity contribution < 1.29 is 0 Å². The Bertz CT molecular complexity index is 521. The maximum atomic E-state index is 4.33. The minimum atomic E-state index is 0.616. The molecule has 2 aromatic heterocycles. The topological polar surface area (TPSA) is 47.7 Å². The van der Waals surface area contributed by atoms with Gasteiger partial charge in [-0.25, -0.2) is 4.98 Å². The van der Waals surface area contributed by atoms with Crippen LogP contribution in [0, 0.1) is 0 Å². The molecule has 1 fully saturated rings. The van der Waals surface area contributed by atoms with Gasteiger partial charge in [0.25, 0.3) is 0 Å². The number of hydrogen-bond donors (Lipinski definition) is 1. The average Bonchev–Trinajstić information content (AvgIpc) is 3.06. The minimum absolute atomic E-state index is 0.616. The van der Waals surface area contributed by atoms with Crippen molar-refractivity contribution in [3.63, 3.8) is 0 Å². The second-order valence-corrected chi connectivity index (χ2v) is 5.33. The highest BCUT2D eigenvalue weighted by atomic mass is 15.2. The summed E-state index contributed by atoms with van der Waals surface area (Å²) in [7, 11) is 1.96. The van der Waals surface area contributed by atoms with Crippen molar-refractivity contribution in [2.24, 2.45) is 7.05 Å². The van der Waals surface area contributed by atoms with Crippen molar-refractivity contribution >= 4 is 0 Å². The second kappa shape index (κ2) is 5.57. The Labute approximate surface area is 113 Å². The molecule has 0 aromatic carbocycles. The lowest BCUT2D eigenvalue weighted by Gasteiger charge is -2.23. The van der Waals surface area contributed by atoms with Gasteiger partial charge in [-0.3, -0.25) is 4.68 Å². The zero-order valence-electron chi connectivity index (χ0n) is 11.4. The van der Waals surface area contributed by atoms with Crippen LogP contribution in [0.3, 0.4) is 0 Å². The number of aryl methyl sites for hydroxylation is 3. The Morgan fingerprint density at radius 2 is 2.37 bits per heavy atom. The highest BCUT2D eigenvalue weighted by molar-refractivity contribution is 5.10. The molecular weight excluding hydrogens is 238 g/mol. The maximum Gasteiger partial charge on any atom is 0.0948 e. The van der Waals surface area contributed by atoms with Gasteiger partial charge in [-0.05, 0) is 31.4 Å². The van der Waals surface area contributed by atoms with E-state index in [1.807, 2.05) is 30.5 Å². The Morgan fingerprint density at radius 1 is 1.42 bits per heavy atom. The quantitative estimate of drug-likeness (QED) is 0.901. The Balaban J connectivity index is 1.66. The van der Waals surface area contributed by atoms with E-state index in [0.29, 0.717) is 5.92 Å². The summed E-state index contributed by atoms with van der Waals surface area (Å²) in [6.45, 7) is 3.22. The number of aromatic nitrogens is 4. The lowest BCUT2D eigenvalue weighted by molar-refractivity contribution is 0.440. The van der Waals surface area contributed by atoms with Crippen molar-refractivity contribution in [3.05, 3.63) is 36.2 Å². The SMILES string of the molecule is Cn1cc(CCn2cncc2C2CCCNC2)cn1. The van der Waals surface area contributed by atoms with Crippen LogP contribution in [0.15, 0.2) is 24.9 Å². The van der Waals surface area contributed by atoms with Crippen LogP contribution in [-0.2, 0) is 20.0 Å². The molecule has 1 atom stereocenters. The van der Waals surface area contributed by atoms with E-state index in [0.717, 1.165) is 26.1 Å². The number of hydrogen-bond acceptors (Lipinski definition) is 3. The first-order chi connectivity index (χ1) is 9.33. The predicted molar refractivity (Wildman–Crippen MR) is 74.0 cm³/mol. The largest absolute Gasteiger partial charge is 0.334 e. The first-order valence-electron chi connectivity index (χ1n) is 7.01. The highest BCUT2D eigenvalue weighted by Crippen LogP contribution is 2.23. The molecule has 0 spiro atoms. The van der Waals surface area contributed by atoms with E-state index in [9.17, 15) is 0 Å². The molecule has 0 amide bonds. The summed E-state index contributed by atoms with van der Waals surface area (Å²) in [5.74, 6) is 0.616. The fourth-order valence-corrected chi connectivity index (χ4v) is 2.81. The van der Waals surface area contributed by atoms with Crippen LogP contribution in [-0.4, -0.2) is 32.4 Å². The molecule has 2 aromatic rings. The minimum Gasteiger partial charge on any atom is -0.334 e. The van der Waals surface area contributed by atoms with Crippen molar-refractivity contribution in [3.8, 4) is 0 Å². The van der Waals surface area contributed by atoms with Crippen molar-refractivity contribution in [2.45, 2.75) is 31.7 Å². The molecule has 0 bridgehead atoms. The summed E-state index contributed by atoms with van der Waals surface area (Å²) in [5.41, 5.74) is 2.65. The Morgan fingerprint density at radius 3 is 3.11 bits per heavy atom. The molecule has 0 radical (unpaired) electrons. The molecule has 5 nitrogen and oxygen atoms in total. The van der Waals surface area contributed by atoms with Gasteiger partial charge in [-0.15, -0.1) is 0 Å². The second-order valence-electron chi connectivity index (χ2n) is 5.33. The van der Waals surface area contributed by atoms with E-state index in [4.69, 9.17) is 0 Å². The van der Waals surface area contributed by atoms with E-state index < -0.39 is 0 Å². The van der Waals surface area contributed by atoms with E-state index in [1.165, 1.54) is 24.1 Å². The molecule has 102 valence electrons. The molecule has 1 saturated heterocycles. The summed E-state index contributed by atoms with van der Waals surface area (Å²) in [6, 6.07) is 0. The molecule has 0 aliphatic carbocycles. The van der Waals surface area contributed by atoms with E-state index >= 15 is 0 Å². The molecule has 3 heterocycles. The summed E-state index contributed by atoms with van der Waals surface area (Å²) >= 11 is 0. The Kier molecular flexibility index (Phi) is 3.64. The van der Waals surface area contributed by atoms with E-state index in [1.54, 1.807) is 0 Å². The van der Waals surface area contributed by atoms with Gasteiger partial charge in [-0.2, -0.15) is 5.10 Å². The number of nitrogens with one attached hydrogen (secondary N) is 1. The molecule has 1 N–H and O–H groups in total. The maximum absolute atomic E-state index is 4.33. The first-order valence-corrected chi connectivity index (χ1v) is 7.01. The summed E-state index contributed by atoms with van der Waals surface area (Å²) in [4.78, 5) is 4.33. The summed E-state index contributed by atoms with van der Waals surface area (Å²) < 4.78 is 4.15. The van der Waals surface area contributed by atoms with Crippen molar-refractivity contribution in [1.29, 1.82) is 0 Å². The summed E-state index contributed by atoms with van der Waals surface area (Å²) in [5, 5.41) is 7.68. The summed E-state index contributed by atoms with van der Waals surface area (Å²) in [6.07, 6.45) is 11.6. The number of rotatable bonds is 4. The van der Waals surface area contributed by atoms with Crippen LogP contribution in [0.1, 0.15) is 30.0 Å². The molecular formula is C14H21N5. The monoisotopic (exact) mass is 259 g/mol. The zero-order chi connectivity index (χ0) is 13.1. The van der Waals surface area contributed by atoms with Gasteiger partial charge >= 0.3 is 0 Å². The van der Waals surface area contributed by atoms with Crippen molar-refractivity contribution in [2.75, 3.05) is 13.1 Å². The van der Waals surface area contributed by atoms with Gasteiger partial charge in [0.2, 0.25) is 0 Å². The van der Waals surface area contributed by atoms with Gasteiger partial charge in [0.15, 0.2) is 0 Å². The molecule has 1 aliphatic rings. The van der Waals surface area contributed by atoms with Gasteiger partial charge in [0.05, 0.1) is 12.5 Å². The molecule has 1 aliphatic heterocycles. The van der Waals surface area contributed by atoms with Crippen LogP contribution in [0.2, 0.25) is 0 Å². The predicted octanol–water partition coefficient (Wildman–Crippen LogP) is 1.33. The number of nitrogens with zero attached hydrogens (tertiary/aromatic N) is 4. The van der Waals surface area contributed by atoms with Crippen LogP contribution in [0.4, 0.5) is 0 Å². The van der Waals surface area contributed by atoms with Crippen LogP contribution in [0.5, 0.6) is 0 Å². The molecule has 0 saturated carbocycles. The van der Waals surface area contributed by atoms with Gasteiger partial charge in [-0.1, -0.05) is 0 Å². The average molecular weight is 259 g/mol. The lowest BCUT2D eigenvalue weighted by atomic mass is 9.96. The zero-order valence-corrected chi connectivity index (χ0v) is 11.4. The molecule has 19 heavy (non-hydrogen) atoms. The van der Waals surface area contributed by atoms with Crippen LogP contribution >= 0.6 is 0 Å². The van der Waals surface area contributed by atoms with E-state index in [2.05, 4.69) is 26.2 Å². The number of imidazole rings is 1. The molecule has 5 heteroatoms. The van der Waals surface area contributed by atoms with Gasteiger partial charge in [0, 0.05) is 44.1 Å². The highest BCUT2D eigenvalue weighted by Gasteiger charge is 2.18. The third kappa shape index (κ3) is 2.87. The third-order valence-corrected chi connectivity index (χ3v) is 3.86.